The van der Waals surface area contributed by atoms with Gasteiger partial charge in [0.25, 0.3) is 0 Å². The van der Waals surface area contributed by atoms with E-state index in [2.05, 4.69) is 0 Å². The quantitative estimate of drug-likeness (QED) is 0.708. The molecule has 0 aromatic carbocycles. The maximum absolute atomic E-state index is 11.8. The van der Waals surface area contributed by atoms with Gasteiger partial charge in [0.1, 0.15) is 0 Å². The highest BCUT2D eigenvalue weighted by Gasteiger charge is 2.60. The Labute approximate surface area is 79.4 Å². The second kappa shape index (κ2) is 3.00. The Morgan fingerprint density at radius 1 is 1.43 bits per heavy atom. The molecule has 0 bridgehead atoms. The summed E-state index contributed by atoms with van der Waals surface area (Å²) < 4.78 is 35.4. The molecule has 0 spiro atoms. The van der Waals surface area contributed by atoms with E-state index < -0.39 is 29.4 Å². The molecule has 1 saturated carbocycles. The Kier molecular flexibility index (Phi) is 2.37. The minimum Gasteiger partial charge on any atom is -0.481 e. The number of rotatable bonds is 2. The number of halogens is 3. The lowest BCUT2D eigenvalue weighted by atomic mass is 10.1. The van der Waals surface area contributed by atoms with Crippen LogP contribution in [0.25, 0.3) is 0 Å². The van der Waals surface area contributed by atoms with Gasteiger partial charge in [0.05, 0.1) is 5.92 Å². The molecule has 2 unspecified atom stereocenters. The molecule has 0 saturated heterocycles. The van der Waals surface area contributed by atoms with Crippen LogP contribution in [0, 0.1) is 17.3 Å². The van der Waals surface area contributed by atoms with Gasteiger partial charge in [-0.2, -0.15) is 13.2 Å². The number of allylic oxidation sites excluding steroid dienone is 2. The van der Waals surface area contributed by atoms with Gasteiger partial charge in [-0.3, -0.25) is 4.79 Å². The second-order valence-corrected chi connectivity index (χ2v) is 4.06. The molecule has 0 radical (unpaired) electrons. The summed E-state index contributed by atoms with van der Waals surface area (Å²) in [4.78, 5) is 10.6. The van der Waals surface area contributed by atoms with E-state index in [9.17, 15) is 18.0 Å². The number of hydrogen-bond donors (Lipinski definition) is 1. The zero-order valence-electron chi connectivity index (χ0n) is 7.80. The highest BCUT2D eigenvalue weighted by Crippen LogP contribution is 2.59. The van der Waals surface area contributed by atoms with Crippen molar-refractivity contribution in [2.24, 2.45) is 17.3 Å². The van der Waals surface area contributed by atoms with E-state index in [4.69, 9.17) is 5.11 Å². The van der Waals surface area contributed by atoms with Gasteiger partial charge < -0.3 is 5.11 Å². The van der Waals surface area contributed by atoms with Crippen molar-refractivity contribution >= 4 is 5.97 Å². The lowest BCUT2D eigenvalue weighted by Crippen LogP contribution is -2.03. The minimum atomic E-state index is -4.36. The second-order valence-electron chi connectivity index (χ2n) is 4.06. The zero-order valence-corrected chi connectivity index (χ0v) is 7.80. The summed E-state index contributed by atoms with van der Waals surface area (Å²) in [7, 11) is 0. The molecule has 80 valence electrons. The van der Waals surface area contributed by atoms with Crippen LogP contribution in [0.5, 0.6) is 0 Å². The Morgan fingerprint density at radius 2 is 1.93 bits per heavy atom. The van der Waals surface area contributed by atoms with Crippen molar-refractivity contribution in [1.29, 1.82) is 0 Å². The van der Waals surface area contributed by atoms with Crippen molar-refractivity contribution in [2.75, 3.05) is 0 Å². The summed E-state index contributed by atoms with van der Waals surface area (Å²) in [6.45, 7) is 3.30. The third-order valence-corrected chi connectivity index (χ3v) is 2.67. The molecule has 1 aliphatic rings. The summed E-state index contributed by atoms with van der Waals surface area (Å²) in [5.41, 5.74) is -0.562. The van der Waals surface area contributed by atoms with Gasteiger partial charge >= 0.3 is 12.1 Å². The molecular weight excluding hydrogens is 197 g/mol. The molecule has 1 N–H and O–H groups in total. The van der Waals surface area contributed by atoms with Gasteiger partial charge in [0, 0.05) is 6.08 Å². The van der Waals surface area contributed by atoms with E-state index >= 15 is 0 Å². The molecule has 0 aliphatic heterocycles. The molecule has 1 aliphatic carbocycles. The molecule has 0 heterocycles. The van der Waals surface area contributed by atoms with Gasteiger partial charge in [0.2, 0.25) is 0 Å². The molecule has 1 rings (SSSR count). The number of alkyl halides is 3. The van der Waals surface area contributed by atoms with Crippen LogP contribution in [-0.4, -0.2) is 17.3 Å². The molecule has 2 nitrogen and oxygen atoms in total. The van der Waals surface area contributed by atoms with E-state index in [-0.39, 0.29) is 6.08 Å². The summed E-state index contributed by atoms with van der Waals surface area (Å²) in [5, 5.41) is 8.67. The minimum absolute atomic E-state index is 0.113. The van der Waals surface area contributed by atoms with Crippen molar-refractivity contribution in [3.63, 3.8) is 0 Å². The van der Waals surface area contributed by atoms with Gasteiger partial charge in [-0.1, -0.05) is 19.9 Å². The third-order valence-electron chi connectivity index (χ3n) is 2.67. The molecular formula is C9H11F3O2. The molecule has 1 fully saturated rings. The summed E-state index contributed by atoms with van der Waals surface area (Å²) >= 11 is 0. The van der Waals surface area contributed by atoms with Crippen LogP contribution in [0.2, 0.25) is 0 Å². The number of carbonyl (C=O) groups is 1. The van der Waals surface area contributed by atoms with Crippen molar-refractivity contribution in [3.8, 4) is 0 Å². The largest absolute Gasteiger partial charge is 0.481 e. The van der Waals surface area contributed by atoms with E-state index in [1.54, 1.807) is 13.8 Å². The molecule has 0 amide bonds. The van der Waals surface area contributed by atoms with Crippen molar-refractivity contribution in [1.82, 2.24) is 0 Å². The average molecular weight is 208 g/mol. The first-order valence-corrected chi connectivity index (χ1v) is 4.15. The van der Waals surface area contributed by atoms with E-state index in [1.807, 2.05) is 0 Å². The Balaban J connectivity index is 2.67. The zero-order chi connectivity index (χ0) is 11.1. The van der Waals surface area contributed by atoms with Gasteiger partial charge in [-0.05, 0) is 11.3 Å². The monoisotopic (exact) mass is 208 g/mol. The number of aliphatic carboxylic acids is 1. The topological polar surface area (TPSA) is 37.3 Å². The first-order valence-electron chi connectivity index (χ1n) is 4.15. The van der Waals surface area contributed by atoms with Gasteiger partial charge in [0.15, 0.2) is 0 Å². The van der Waals surface area contributed by atoms with E-state index in [0.29, 0.717) is 0 Å². The Morgan fingerprint density at radius 3 is 2.21 bits per heavy atom. The average Bonchev–Trinajstić information content (AvgIpc) is 2.47. The third kappa shape index (κ3) is 2.08. The summed E-state index contributed by atoms with van der Waals surface area (Å²) in [5.74, 6) is -2.24. The predicted octanol–water partition coefficient (Wildman–Crippen LogP) is 2.46. The summed E-state index contributed by atoms with van der Waals surface area (Å²) in [6.07, 6.45) is -3.30. The Bertz CT molecular complexity index is 278. The van der Waals surface area contributed by atoms with Crippen LogP contribution in [0.15, 0.2) is 12.2 Å². The first-order chi connectivity index (χ1) is 6.16. The van der Waals surface area contributed by atoms with Gasteiger partial charge in [-0.25, -0.2) is 0 Å². The number of carboxylic acid groups (broad SMARTS) is 1. The maximum Gasteiger partial charge on any atom is 0.409 e. The maximum atomic E-state index is 11.8. The molecule has 2 atom stereocenters. The van der Waals surface area contributed by atoms with E-state index in [0.717, 1.165) is 6.08 Å². The molecule has 5 heteroatoms. The van der Waals surface area contributed by atoms with Crippen LogP contribution in [-0.2, 0) is 4.79 Å². The normalized spacial score (nSPS) is 30.6. The smallest absolute Gasteiger partial charge is 0.409 e. The van der Waals surface area contributed by atoms with Crippen LogP contribution in [0.3, 0.4) is 0 Å². The van der Waals surface area contributed by atoms with Crippen LogP contribution >= 0.6 is 0 Å². The SMILES string of the molecule is CC1(C)C(/C=C/C(F)(F)F)C1C(=O)O. The lowest BCUT2D eigenvalue weighted by Gasteiger charge is -1.98. The van der Waals surface area contributed by atoms with E-state index in [1.165, 1.54) is 0 Å². The van der Waals surface area contributed by atoms with Crippen molar-refractivity contribution in [3.05, 3.63) is 12.2 Å². The number of hydrogen-bond acceptors (Lipinski definition) is 1. The fourth-order valence-electron chi connectivity index (χ4n) is 1.72. The summed E-state index contributed by atoms with van der Waals surface area (Å²) in [6, 6.07) is 0. The highest BCUT2D eigenvalue weighted by molar-refractivity contribution is 5.76. The van der Waals surface area contributed by atoms with Crippen LogP contribution in [0.4, 0.5) is 13.2 Å². The van der Waals surface area contributed by atoms with Crippen LogP contribution < -0.4 is 0 Å². The Hall–Kier alpha value is -1.00. The van der Waals surface area contributed by atoms with Crippen molar-refractivity contribution in [2.45, 2.75) is 20.0 Å². The molecule has 0 aromatic rings. The molecule has 0 aromatic heterocycles. The number of carboxylic acids is 1. The highest BCUT2D eigenvalue weighted by atomic mass is 19.4. The first kappa shape index (κ1) is 11.1. The standard InChI is InChI=1S/C9H11F3O2/c1-8(2)5(6(8)7(13)14)3-4-9(10,11)12/h3-6H,1-2H3,(H,13,14)/b4-3+. The molecule has 14 heavy (non-hydrogen) atoms. The predicted molar refractivity (Wildman–Crippen MR) is 43.6 cm³/mol. The van der Waals surface area contributed by atoms with Gasteiger partial charge in [-0.15, -0.1) is 0 Å². The fraction of sp³-hybridized carbons (Fsp3) is 0.667. The van der Waals surface area contributed by atoms with Crippen molar-refractivity contribution < 1.29 is 23.1 Å². The lowest BCUT2D eigenvalue weighted by molar-refractivity contribution is -0.139. The fourth-order valence-corrected chi connectivity index (χ4v) is 1.72. The van der Waals surface area contributed by atoms with Crippen LogP contribution in [0.1, 0.15) is 13.8 Å².